The van der Waals surface area contributed by atoms with Crippen molar-refractivity contribution in [2.24, 2.45) is 0 Å². The van der Waals surface area contributed by atoms with E-state index in [-0.39, 0.29) is 5.56 Å². The zero-order valence-corrected chi connectivity index (χ0v) is 10.3. The van der Waals surface area contributed by atoms with Gasteiger partial charge in [-0.15, -0.1) is 0 Å². The topological polar surface area (TPSA) is 67.2 Å². The Morgan fingerprint density at radius 2 is 2.29 bits per heavy atom. The summed E-state index contributed by atoms with van der Waals surface area (Å²) in [5.74, 6) is 0.653. The molecule has 1 fully saturated rings. The van der Waals surface area contributed by atoms with E-state index in [0.717, 1.165) is 0 Å². The normalized spacial score (nSPS) is 17.1. The number of nitrogens with one attached hydrogen (secondary N) is 1. The monoisotopic (exact) mass is 237 g/mol. The summed E-state index contributed by atoms with van der Waals surface area (Å²) >= 11 is 0. The highest BCUT2D eigenvalue weighted by Crippen LogP contribution is 2.18. The van der Waals surface area contributed by atoms with Crippen LogP contribution >= 0.6 is 0 Å². The summed E-state index contributed by atoms with van der Waals surface area (Å²) in [5, 5.41) is 13.1. The number of aryl methyl sites for hydroxylation is 2. The first-order chi connectivity index (χ1) is 8.06. The van der Waals surface area contributed by atoms with Crippen molar-refractivity contribution in [3.8, 4) is 0 Å². The first kappa shape index (κ1) is 12.3. The molecule has 0 bridgehead atoms. The lowest BCUT2D eigenvalue weighted by molar-refractivity contribution is 0.148. The molecule has 94 valence electrons. The molecule has 2 N–H and O–H groups in total. The highest BCUT2D eigenvalue weighted by atomic mass is 16.3. The van der Waals surface area contributed by atoms with Gasteiger partial charge in [0.25, 0.3) is 5.56 Å². The lowest BCUT2D eigenvalue weighted by atomic mass is 10.3. The average Bonchev–Trinajstić information content (AvgIpc) is 3.04. The van der Waals surface area contributed by atoms with Gasteiger partial charge >= 0.3 is 0 Å². The van der Waals surface area contributed by atoms with Crippen molar-refractivity contribution in [1.82, 2.24) is 14.9 Å². The van der Waals surface area contributed by atoms with Crippen molar-refractivity contribution in [2.75, 3.05) is 6.54 Å². The maximum atomic E-state index is 11.7. The van der Waals surface area contributed by atoms with Gasteiger partial charge in [-0.3, -0.25) is 9.36 Å². The molecule has 1 heterocycles. The lowest BCUT2D eigenvalue weighted by Gasteiger charge is -2.15. The quantitative estimate of drug-likeness (QED) is 0.755. The van der Waals surface area contributed by atoms with E-state index in [2.05, 4.69) is 10.3 Å². The van der Waals surface area contributed by atoms with Crippen LogP contribution in [0.3, 0.4) is 0 Å². The maximum Gasteiger partial charge on any atom is 0.253 e. The summed E-state index contributed by atoms with van der Waals surface area (Å²) in [6.45, 7) is 4.42. The van der Waals surface area contributed by atoms with Crippen LogP contribution in [-0.2, 0) is 6.54 Å². The summed E-state index contributed by atoms with van der Waals surface area (Å²) in [6.07, 6.45) is 1.84. The Morgan fingerprint density at radius 1 is 1.59 bits per heavy atom. The number of aromatic nitrogens is 2. The van der Waals surface area contributed by atoms with Crippen LogP contribution in [0.1, 0.15) is 24.4 Å². The molecule has 0 spiro atoms. The standard InChI is InChI=1S/C12H19N3O2/c1-8-5-12(17)15(9(2)14-8)7-11(16)6-13-10-3-4-10/h5,10-11,13,16H,3-4,6-7H2,1-2H3. The SMILES string of the molecule is Cc1cc(=O)n(CC(O)CNC2CC2)c(C)n1. The van der Waals surface area contributed by atoms with Gasteiger partial charge in [-0.2, -0.15) is 0 Å². The minimum absolute atomic E-state index is 0.0968. The van der Waals surface area contributed by atoms with Gasteiger partial charge in [0.1, 0.15) is 5.82 Å². The van der Waals surface area contributed by atoms with Gasteiger partial charge in [0, 0.05) is 24.3 Å². The molecule has 1 aromatic rings. The summed E-state index contributed by atoms with van der Waals surface area (Å²) in [5.41, 5.74) is 0.620. The van der Waals surface area contributed by atoms with Gasteiger partial charge in [-0.25, -0.2) is 4.98 Å². The van der Waals surface area contributed by atoms with Crippen LogP contribution < -0.4 is 10.9 Å². The third kappa shape index (κ3) is 3.38. The second-order valence-electron chi connectivity index (χ2n) is 4.73. The molecular weight excluding hydrogens is 218 g/mol. The minimum Gasteiger partial charge on any atom is -0.390 e. The van der Waals surface area contributed by atoms with Gasteiger partial charge in [0.2, 0.25) is 0 Å². The fraction of sp³-hybridized carbons (Fsp3) is 0.667. The Hall–Kier alpha value is -1.20. The number of hydrogen-bond donors (Lipinski definition) is 2. The van der Waals surface area contributed by atoms with Crippen molar-refractivity contribution >= 4 is 0 Å². The van der Waals surface area contributed by atoms with Crippen molar-refractivity contribution in [1.29, 1.82) is 0 Å². The number of rotatable bonds is 5. The van der Waals surface area contributed by atoms with Crippen LogP contribution in [0.15, 0.2) is 10.9 Å². The van der Waals surface area contributed by atoms with Crippen LogP contribution in [0.5, 0.6) is 0 Å². The Morgan fingerprint density at radius 3 is 2.88 bits per heavy atom. The Bertz CT molecular complexity index is 452. The van der Waals surface area contributed by atoms with Crippen LogP contribution in [-0.4, -0.2) is 33.3 Å². The Kier molecular flexibility index (Phi) is 3.59. The molecule has 1 aliphatic rings. The highest BCUT2D eigenvalue weighted by molar-refractivity contribution is 5.01. The minimum atomic E-state index is -0.545. The van der Waals surface area contributed by atoms with Gasteiger partial charge in [0.05, 0.1) is 12.6 Å². The van der Waals surface area contributed by atoms with E-state index in [9.17, 15) is 9.90 Å². The van der Waals surface area contributed by atoms with E-state index < -0.39 is 6.10 Å². The molecular formula is C12H19N3O2. The molecule has 5 nitrogen and oxygen atoms in total. The molecule has 1 atom stereocenters. The van der Waals surface area contributed by atoms with Crippen molar-refractivity contribution in [3.63, 3.8) is 0 Å². The number of aliphatic hydroxyl groups excluding tert-OH is 1. The van der Waals surface area contributed by atoms with Crippen molar-refractivity contribution < 1.29 is 5.11 Å². The molecule has 1 aromatic heterocycles. The summed E-state index contributed by atoms with van der Waals surface area (Å²) in [6, 6.07) is 2.06. The summed E-state index contributed by atoms with van der Waals surface area (Å²) < 4.78 is 1.52. The smallest absolute Gasteiger partial charge is 0.253 e. The van der Waals surface area contributed by atoms with E-state index in [4.69, 9.17) is 0 Å². The van der Waals surface area contributed by atoms with Gasteiger partial charge in [-0.1, -0.05) is 0 Å². The summed E-state index contributed by atoms with van der Waals surface area (Å²) in [7, 11) is 0. The number of aliphatic hydroxyl groups is 1. The first-order valence-corrected chi connectivity index (χ1v) is 6.03. The Balaban J connectivity index is 1.99. The third-order valence-electron chi connectivity index (χ3n) is 2.94. The van der Waals surface area contributed by atoms with Crippen molar-refractivity contribution in [2.45, 2.75) is 45.4 Å². The predicted octanol–water partition coefficient (Wildman–Crippen LogP) is -0.0270. The van der Waals surface area contributed by atoms with Crippen LogP contribution in [0.25, 0.3) is 0 Å². The average molecular weight is 237 g/mol. The van der Waals surface area contributed by atoms with Crippen LogP contribution in [0.4, 0.5) is 0 Å². The number of nitrogens with zero attached hydrogens (tertiary/aromatic N) is 2. The predicted molar refractivity (Wildman–Crippen MR) is 65.0 cm³/mol. The molecule has 17 heavy (non-hydrogen) atoms. The molecule has 1 unspecified atom stereocenters. The summed E-state index contributed by atoms with van der Waals surface area (Å²) in [4.78, 5) is 16.0. The zero-order valence-electron chi connectivity index (χ0n) is 10.3. The molecule has 0 radical (unpaired) electrons. The maximum absolute atomic E-state index is 11.7. The van der Waals surface area contributed by atoms with E-state index in [1.807, 2.05) is 0 Å². The zero-order chi connectivity index (χ0) is 12.4. The molecule has 0 aromatic carbocycles. The molecule has 5 heteroatoms. The van der Waals surface area contributed by atoms with Crippen LogP contribution in [0, 0.1) is 13.8 Å². The van der Waals surface area contributed by atoms with E-state index >= 15 is 0 Å². The van der Waals surface area contributed by atoms with E-state index in [0.29, 0.717) is 30.6 Å². The molecule has 0 aliphatic heterocycles. The molecule has 0 saturated heterocycles. The molecule has 2 rings (SSSR count). The van der Waals surface area contributed by atoms with Gasteiger partial charge < -0.3 is 10.4 Å². The Labute approximate surface area is 100 Å². The lowest BCUT2D eigenvalue weighted by Crippen LogP contribution is -2.35. The third-order valence-corrected chi connectivity index (χ3v) is 2.94. The fourth-order valence-corrected chi connectivity index (χ4v) is 1.85. The number of hydrogen-bond acceptors (Lipinski definition) is 4. The van der Waals surface area contributed by atoms with Gasteiger partial charge in [-0.05, 0) is 26.7 Å². The van der Waals surface area contributed by atoms with Gasteiger partial charge in [0.15, 0.2) is 0 Å². The second-order valence-corrected chi connectivity index (χ2v) is 4.73. The largest absolute Gasteiger partial charge is 0.390 e. The fourth-order valence-electron chi connectivity index (χ4n) is 1.85. The first-order valence-electron chi connectivity index (χ1n) is 6.03. The van der Waals surface area contributed by atoms with Crippen molar-refractivity contribution in [3.05, 3.63) is 27.9 Å². The second kappa shape index (κ2) is 4.98. The van der Waals surface area contributed by atoms with Crippen LogP contribution in [0.2, 0.25) is 0 Å². The molecule has 0 amide bonds. The van der Waals surface area contributed by atoms with E-state index in [1.54, 1.807) is 13.8 Å². The highest BCUT2D eigenvalue weighted by Gasteiger charge is 2.21. The molecule has 1 saturated carbocycles. The van der Waals surface area contributed by atoms with E-state index in [1.165, 1.54) is 23.5 Å². The molecule has 1 aliphatic carbocycles.